The first-order valence-electron chi connectivity index (χ1n) is 6.63. The monoisotopic (exact) mass is 331 g/mol. The van der Waals surface area contributed by atoms with Crippen molar-refractivity contribution in [1.29, 1.82) is 0 Å². The molecule has 0 saturated heterocycles. The molecule has 5 nitrogen and oxygen atoms in total. The van der Waals surface area contributed by atoms with Crippen LogP contribution < -0.4 is 16.4 Å². The van der Waals surface area contributed by atoms with Gasteiger partial charge in [0.15, 0.2) is 0 Å². The second-order valence-electron chi connectivity index (χ2n) is 4.78. The number of rotatable bonds is 6. The smallest absolute Gasteiger partial charge is 0.312 e. The molecule has 21 heavy (non-hydrogen) atoms. The summed E-state index contributed by atoms with van der Waals surface area (Å²) in [5, 5.41) is 6.34. The van der Waals surface area contributed by atoms with E-state index in [1.807, 2.05) is 13.0 Å². The lowest BCUT2D eigenvalue weighted by atomic mass is 10.0. The summed E-state index contributed by atoms with van der Waals surface area (Å²) in [7, 11) is 0. The Kier molecular flexibility index (Phi) is 6.78. The molecule has 3 amide bonds. The van der Waals surface area contributed by atoms with E-state index in [9.17, 15) is 9.59 Å². The maximum absolute atomic E-state index is 11.9. The molecule has 0 aliphatic rings. The lowest BCUT2D eigenvalue weighted by molar-refractivity contribution is -0.123. The third-order valence-electron chi connectivity index (χ3n) is 3.07. The number of halogens is 2. The van der Waals surface area contributed by atoms with Gasteiger partial charge in [0.1, 0.15) is 6.04 Å². The maximum atomic E-state index is 11.9. The van der Waals surface area contributed by atoms with Gasteiger partial charge in [-0.3, -0.25) is 4.79 Å². The summed E-state index contributed by atoms with van der Waals surface area (Å²) >= 11 is 12.0. The largest absolute Gasteiger partial charge is 0.352 e. The van der Waals surface area contributed by atoms with Crippen LogP contribution >= 0.6 is 23.2 Å². The van der Waals surface area contributed by atoms with Gasteiger partial charge >= 0.3 is 6.03 Å². The molecule has 0 bridgehead atoms. The van der Waals surface area contributed by atoms with Crippen LogP contribution in [0.1, 0.15) is 25.8 Å². The van der Waals surface area contributed by atoms with Gasteiger partial charge in [0.25, 0.3) is 0 Å². The lowest BCUT2D eigenvalue weighted by Gasteiger charge is -2.20. The molecule has 0 unspecified atom stereocenters. The normalized spacial score (nSPS) is 13.3. The molecule has 0 fully saturated rings. The molecular formula is C14H19Cl2N3O2. The van der Waals surface area contributed by atoms with Crippen molar-refractivity contribution in [2.75, 3.05) is 0 Å². The average Bonchev–Trinajstić information content (AvgIpc) is 2.39. The van der Waals surface area contributed by atoms with Crippen LogP contribution in [0.15, 0.2) is 18.2 Å². The van der Waals surface area contributed by atoms with Crippen LogP contribution in [0.5, 0.6) is 0 Å². The van der Waals surface area contributed by atoms with Gasteiger partial charge in [0.05, 0.1) is 0 Å². The molecule has 116 valence electrons. The van der Waals surface area contributed by atoms with Gasteiger partial charge in [0.2, 0.25) is 5.91 Å². The highest BCUT2D eigenvalue weighted by atomic mass is 35.5. The van der Waals surface area contributed by atoms with E-state index in [0.717, 1.165) is 12.0 Å². The standard InChI is InChI=1S/C14H19Cl2N3O2/c1-3-11(19-13(20)8(2)18-14(17)21)6-9-4-5-10(15)7-12(9)16/h4-5,7-8,11H,3,6H2,1-2H3,(H,19,20)(H3,17,18,21)/t8-,11-/m0/s1. The van der Waals surface area contributed by atoms with Crippen molar-refractivity contribution in [2.45, 2.75) is 38.8 Å². The molecule has 0 spiro atoms. The van der Waals surface area contributed by atoms with Crippen LogP contribution in [0, 0.1) is 0 Å². The molecule has 0 radical (unpaired) electrons. The third kappa shape index (κ3) is 5.81. The van der Waals surface area contributed by atoms with E-state index >= 15 is 0 Å². The van der Waals surface area contributed by atoms with Crippen LogP contribution in [-0.4, -0.2) is 24.0 Å². The van der Waals surface area contributed by atoms with Crippen molar-refractivity contribution in [3.8, 4) is 0 Å². The van der Waals surface area contributed by atoms with Crippen molar-refractivity contribution in [2.24, 2.45) is 5.73 Å². The quantitative estimate of drug-likeness (QED) is 0.748. The number of benzene rings is 1. The molecule has 0 saturated carbocycles. The zero-order chi connectivity index (χ0) is 16.0. The minimum absolute atomic E-state index is 0.0895. The molecule has 0 aliphatic carbocycles. The van der Waals surface area contributed by atoms with E-state index in [-0.39, 0.29) is 11.9 Å². The van der Waals surface area contributed by atoms with E-state index in [0.29, 0.717) is 16.5 Å². The number of primary amides is 1. The summed E-state index contributed by atoms with van der Waals surface area (Å²) in [5.41, 5.74) is 5.90. The molecule has 1 aromatic carbocycles. The second kappa shape index (κ2) is 8.10. The molecule has 7 heteroatoms. The SMILES string of the molecule is CC[C@@H](Cc1ccc(Cl)cc1Cl)NC(=O)[C@H](C)NC(N)=O. The van der Waals surface area contributed by atoms with Crippen LogP contribution in [0.2, 0.25) is 10.0 Å². The number of carbonyl (C=O) groups is 2. The Bertz CT molecular complexity index is 523. The van der Waals surface area contributed by atoms with E-state index in [2.05, 4.69) is 10.6 Å². The van der Waals surface area contributed by atoms with Gasteiger partial charge < -0.3 is 16.4 Å². The molecule has 2 atom stereocenters. The summed E-state index contributed by atoms with van der Waals surface area (Å²) in [5.74, 6) is -0.286. The highest BCUT2D eigenvalue weighted by Gasteiger charge is 2.18. The van der Waals surface area contributed by atoms with Crippen molar-refractivity contribution in [3.05, 3.63) is 33.8 Å². The number of hydrogen-bond donors (Lipinski definition) is 3. The van der Waals surface area contributed by atoms with Crippen LogP contribution in [0.25, 0.3) is 0 Å². The average molecular weight is 332 g/mol. The van der Waals surface area contributed by atoms with Gasteiger partial charge in [-0.15, -0.1) is 0 Å². The topological polar surface area (TPSA) is 84.2 Å². The minimum Gasteiger partial charge on any atom is -0.352 e. The first-order valence-corrected chi connectivity index (χ1v) is 7.39. The fourth-order valence-electron chi connectivity index (χ4n) is 1.86. The number of amides is 3. The summed E-state index contributed by atoms with van der Waals surface area (Å²) in [6.07, 6.45) is 1.32. The highest BCUT2D eigenvalue weighted by molar-refractivity contribution is 6.35. The lowest BCUT2D eigenvalue weighted by Crippen LogP contribution is -2.49. The van der Waals surface area contributed by atoms with E-state index < -0.39 is 12.1 Å². The third-order valence-corrected chi connectivity index (χ3v) is 3.66. The Morgan fingerprint density at radius 2 is 1.95 bits per heavy atom. The molecule has 1 rings (SSSR count). The van der Waals surface area contributed by atoms with Crippen LogP contribution in [0.3, 0.4) is 0 Å². The first kappa shape index (κ1) is 17.6. The zero-order valence-corrected chi connectivity index (χ0v) is 13.5. The second-order valence-corrected chi connectivity index (χ2v) is 5.63. The summed E-state index contributed by atoms with van der Waals surface area (Å²) in [6, 6.07) is 3.76. The number of carbonyl (C=O) groups excluding carboxylic acids is 2. The number of urea groups is 1. The minimum atomic E-state index is -0.730. The first-order chi connectivity index (χ1) is 9.83. The summed E-state index contributed by atoms with van der Waals surface area (Å²) in [4.78, 5) is 22.7. The summed E-state index contributed by atoms with van der Waals surface area (Å²) in [6.45, 7) is 3.53. The number of nitrogens with one attached hydrogen (secondary N) is 2. The Morgan fingerprint density at radius 3 is 2.48 bits per heavy atom. The Balaban J connectivity index is 2.66. The molecule has 1 aromatic rings. The highest BCUT2D eigenvalue weighted by Crippen LogP contribution is 2.22. The Morgan fingerprint density at radius 1 is 1.29 bits per heavy atom. The van der Waals surface area contributed by atoms with Crippen molar-refractivity contribution >= 4 is 35.1 Å². The van der Waals surface area contributed by atoms with Crippen molar-refractivity contribution in [3.63, 3.8) is 0 Å². The number of hydrogen-bond acceptors (Lipinski definition) is 2. The fraction of sp³-hybridized carbons (Fsp3) is 0.429. The molecule has 4 N–H and O–H groups in total. The summed E-state index contributed by atoms with van der Waals surface area (Å²) < 4.78 is 0. The van der Waals surface area contributed by atoms with E-state index in [1.54, 1.807) is 19.1 Å². The van der Waals surface area contributed by atoms with Gasteiger partial charge in [-0.05, 0) is 37.5 Å². The van der Waals surface area contributed by atoms with Crippen LogP contribution in [-0.2, 0) is 11.2 Å². The molecular weight excluding hydrogens is 313 g/mol. The van der Waals surface area contributed by atoms with Gasteiger partial charge in [0, 0.05) is 16.1 Å². The van der Waals surface area contributed by atoms with Crippen molar-refractivity contribution < 1.29 is 9.59 Å². The van der Waals surface area contributed by atoms with E-state index in [4.69, 9.17) is 28.9 Å². The Hall–Kier alpha value is -1.46. The van der Waals surface area contributed by atoms with Gasteiger partial charge in [-0.25, -0.2) is 4.79 Å². The predicted octanol–water partition coefficient (Wildman–Crippen LogP) is 2.49. The van der Waals surface area contributed by atoms with Gasteiger partial charge in [-0.2, -0.15) is 0 Å². The molecule has 0 aromatic heterocycles. The van der Waals surface area contributed by atoms with Crippen molar-refractivity contribution in [1.82, 2.24) is 10.6 Å². The van der Waals surface area contributed by atoms with E-state index in [1.165, 1.54) is 0 Å². The predicted molar refractivity (Wildman–Crippen MR) is 84.6 cm³/mol. The molecule has 0 heterocycles. The zero-order valence-electron chi connectivity index (χ0n) is 12.0. The number of nitrogens with two attached hydrogens (primary N) is 1. The fourth-order valence-corrected chi connectivity index (χ4v) is 2.34. The van der Waals surface area contributed by atoms with Gasteiger partial charge in [-0.1, -0.05) is 36.2 Å². The molecule has 0 aliphatic heterocycles. The maximum Gasteiger partial charge on any atom is 0.312 e. The Labute approximate surface area is 134 Å². The van der Waals surface area contributed by atoms with Crippen LogP contribution in [0.4, 0.5) is 4.79 Å².